The van der Waals surface area contributed by atoms with Crippen LogP contribution in [0.15, 0.2) is 75.9 Å². The number of anilines is 2. The number of nitrogens with zero attached hydrogens (tertiary/aromatic N) is 4. The van der Waals surface area contributed by atoms with Gasteiger partial charge in [-0.1, -0.05) is 11.6 Å². The first-order valence-corrected chi connectivity index (χ1v) is 20.7. The zero-order chi connectivity index (χ0) is 42.9. The third-order valence-electron chi connectivity index (χ3n) is 12.2. The SMILES string of the molecule is COC1=CC(c2cn(C)c(=O)c3ccc(F)cc23)=CC(Cl)=C(CN2CCCC(N(C)C(=O)C3CCN(c4ccc(NC5CCC(=O)NC5=O)cc4C(F)(F)F)CC3)CC2)C1. The Morgan fingerprint density at radius 3 is 2.47 bits per heavy atom. The number of ether oxygens (including phenoxy) is 1. The number of carbonyl (C=O) groups excluding carboxylic acids is 3. The molecule has 4 aliphatic rings. The molecule has 3 saturated heterocycles. The molecule has 0 spiro atoms. The summed E-state index contributed by atoms with van der Waals surface area (Å²) in [5, 5.41) is 6.46. The molecule has 1 aromatic heterocycles. The molecule has 0 saturated carbocycles. The molecule has 7 rings (SSSR count). The summed E-state index contributed by atoms with van der Waals surface area (Å²) in [6.07, 6.45) is 4.71. The molecule has 16 heteroatoms. The first-order chi connectivity index (χ1) is 28.6. The quantitative estimate of drug-likeness (QED) is 0.176. The van der Waals surface area contributed by atoms with Crippen LogP contribution in [0.1, 0.15) is 62.5 Å². The average Bonchev–Trinajstić information content (AvgIpc) is 3.55. The average molecular weight is 853 g/mol. The summed E-state index contributed by atoms with van der Waals surface area (Å²) in [5.74, 6) is -1.08. The van der Waals surface area contributed by atoms with E-state index in [-0.39, 0.29) is 60.7 Å². The van der Waals surface area contributed by atoms with Gasteiger partial charge in [-0.2, -0.15) is 13.2 Å². The summed E-state index contributed by atoms with van der Waals surface area (Å²) in [6.45, 7) is 2.65. The smallest absolute Gasteiger partial charge is 0.418 e. The minimum atomic E-state index is -4.65. The standard InChI is InChI=1S/C44H49ClF4N6O5/c1-52-25-35(34-22-29(46)6-8-33(34)43(52)59)27-19-32(60-3)20-28(37(45)21-27)24-54-15-4-5-31(14-16-54)53(2)42(58)26-12-17-55(18-13-26)39-10-7-30(23-36(39)44(47,48)49)50-38-9-11-40(56)51-41(38)57/h6-8,10,19,21-23,25-26,31,38,50H,4-5,9,11-18,20,24H2,1-3H3,(H,51,56,57). The van der Waals surface area contributed by atoms with Crippen LogP contribution in [-0.2, 0) is 32.3 Å². The minimum Gasteiger partial charge on any atom is -0.501 e. The second-order valence-electron chi connectivity index (χ2n) is 16.1. The van der Waals surface area contributed by atoms with Crippen LogP contribution in [0.2, 0.25) is 0 Å². The van der Waals surface area contributed by atoms with Gasteiger partial charge in [-0.15, -0.1) is 0 Å². The van der Waals surface area contributed by atoms with Crippen molar-refractivity contribution in [1.29, 1.82) is 0 Å². The number of imide groups is 1. The van der Waals surface area contributed by atoms with Gasteiger partial charge in [0.25, 0.3) is 5.56 Å². The van der Waals surface area contributed by atoms with E-state index in [0.29, 0.717) is 58.5 Å². The molecule has 0 radical (unpaired) electrons. The van der Waals surface area contributed by atoms with Gasteiger partial charge in [-0.3, -0.25) is 29.4 Å². The summed E-state index contributed by atoms with van der Waals surface area (Å²) in [6, 6.07) is 7.22. The number of rotatable bonds is 9. The molecule has 1 aliphatic carbocycles. The van der Waals surface area contributed by atoms with Gasteiger partial charge < -0.3 is 24.4 Å². The number of aromatic nitrogens is 1. The van der Waals surface area contributed by atoms with E-state index in [1.807, 2.05) is 24.1 Å². The number of fused-ring (bicyclic) bond motifs is 1. The number of halogens is 5. The molecule has 2 N–H and O–H groups in total. The number of hydrogen-bond acceptors (Lipinski definition) is 8. The van der Waals surface area contributed by atoms with Gasteiger partial charge in [-0.25, -0.2) is 4.39 Å². The van der Waals surface area contributed by atoms with Crippen molar-refractivity contribution >= 4 is 57.0 Å². The van der Waals surface area contributed by atoms with E-state index < -0.39 is 35.4 Å². The molecule has 320 valence electrons. The first-order valence-electron chi connectivity index (χ1n) is 20.3. The Balaban J connectivity index is 0.973. The maximum absolute atomic E-state index is 14.4. The van der Waals surface area contributed by atoms with Crippen LogP contribution in [0.25, 0.3) is 16.3 Å². The fourth-order valence-electron chi connectivity index (χ4n) is 8.84. The molecule has 3 amide bonds. The molecule has 0 bridgehead atoms. The molecule has 3 fully saturated rings. The molecule has 2 aromatic carbocycles. The number of piperidine rings is 2. The van der Waals surface area contributed by atoms with E-state index in [0.717, 1.165) is 44.0 Å². The summed E-state index contributed by atoms with van der Waals surface area (Å²) in [5.41, 5.74) is 1.39. The van der Waals surface area contributed by atoms with Crippen molar-refractivity contribution in [3.63, 3.8) is 0 Å². The molecule has 2 atom stereocenters. The zero-order valence-corrected chi connectivity index (χ0v) is 34.6. The summed E-state index contributed by atoms with van der Waals surface area (Å²) < 4.78 is 64.7. The van der Waals surface area contributed by atoms with Crippen molar-refractivity contribution < 1.29 is 36.7 Å². The van der Waals surface area contributed by atoms with Gasteiger partial charge in [0.1, 0.15) is 17.6 Å². The van der Waals surface area contributed by atoms with Crippen molar-refractivity contribution in [2.75, 3.05) is 57.1 Å². The van der Waals surface area contributed by atoms with Crippen molar-refractivity contribution in [3.05, 3.63) is 98.4 Å². The Bertz CT molecular complexity index is 2330. The van der Waals surface area contributed by atoms with Crippen LogP contribution in [0.3, 0.4) is 0 Å². The predicted octanol–water partition coefficient (Wildman–Crippen LogP) is 6.95. The molecule has 11 nitrogen and oxygen atoms in total. The molecular weight excluding hydrogens is 804 g/mol. The Labute approximate surface area is 350 Å². The lowest BCUT2D eigenvalue weighted by Crippen LogP contribution is -2.47. The number of methoxy groups -OCH3 is 1. The lowest BCUT2D eigenvalue weighted by molar-refractivity contribution is -0.138. The highest BCUT2D eigenvalue weighted by molar-refractivity contribution is 6.32. The van der Waals surface area contributed by atoms with Crippen LogP contribution in [0.4, 0.5) is 28.9 Å². The number of likely N-dealkylation sites (tertiary alicyclic amines) is 1. The van der Waals surface area contributed by atoms with Crippen LogP contribution in [-0.4, -0.2) is 91.1 Å². The highest BCUT2D eigenvalue weighted by Gasteiger charge is 2.38. The fourth-order valence-corrected chi connectivity index (χ4v) is 9.08. The van der Waals surface area contributed by atoms with E-state index >= 15 is 0 Å². The van der Waals surface area contributed by atoms with E-state index in [4.69, 9.17) is 16.3 Å². The second kappa shape index (κ2) is 17.8. The number of nitrogens with one attached hydrogen (secondary N) is 2. The van der Waals surface area contributed by atoms with Gasteiger partial charge in [-0.05, 0) is 110 Å². The van der Waals surface area contributed by atoms with Crippen molar-refractivity contribution in [1.82, 2.24) is 19.7 Å². The Hall–Kier alpha value is -5.15. The van der Waals surface area contributed by atoms with Crippen molar-refractivity contribution in [2.45, 2.75) is 69.6 Å². The highest BCUT2D eigenvalue weighted by Crippen LogP contribution is 2.40. The minimum absolute atomic E-state index is 0.000287. The Kier molecular flexibility index (Phi) is 12.8. The maximum atomic E-state index is 14.4. The maximum Gasteiger partial charge on any atom is 0.418 e. The van der Waals surface area contributed by atoms with Gasteiger partial charge in [0.05, 0.1) is 12.7 Å². The molecule has 2 unspecified atom stereocenters. The van der Waals surface area contributed by atoms with Crippen LogP contribution >= 0.6 is 11.6 Å². The van der Waals surface area contributed by atoms with Crippen molar-refractivity contribution in [3.8, 4) is 0 Å². The van der Waals surface area contributed by atoms with E-state index in [2.05, 4.69) is 15.5 Å². The summed E-state index contributed by atoms with van der Waals surface area (Å²) in [4.78, 5) is 56.2. The number of benzene rings is 2. The lowest BCUT2D eigenvalue weighted by Gasteiger charge is -2.37. The number of amides is 3. The predicted molar refractivity (Wildman–Crippen MR) is 223 cm³/mol. The number of carbonyl (C=O) groups is 3. The molecule has 3 aliphatic heterocycles. The van der Waals surface area contributed by atoms with Crippen LogP contribution < -0.4 is 21.1 Å². The Morgan fingerprint density at radius 2 is 1.75 bits per heavy atom. The van der Waals surface area contributed by atoms with Gasteiger partial charge in [0, 0.05) is 98.6 Å². The number of pyridine rings is 1. The lowest BCUT2D eigenvalue weighted by atomic mass is 9.93. The topological polar surface area (TPSA) is 116 Å². The number of alkyl halides is 3. The fraction of sp³-hybridized carbons (Fsp3) is 0.455. The van der Waals surface area contributed by atoms with Crippen LogP contribution in [0, 0.1) is 11.7 Å². The van der Waals surface area contributed by atoms with E-state index in [9.17, 15) is 36.7 Å². The monoisotopic (exact) mass is 852 g/mol. The molecule has 4 heterocycles. The number of allylic oxidation sites excluding steroid dienone is 5. The Morgan fingerprint density at radius 1 is 0.983 bits per heavy atom. The summed E-state index contributed by atoms with van der Waals surface area (Å²) >= 11 is 7.01. The van der Waals surface area contributed by atoms with Crippen LogP contribution in [0.5, 0.6) is 0 Å². The summed E-state index contributed by atoms with van der Waals surface area (Å²) in [7, 11) is 5.07. The largest absolute Gasteiger partial charge is 0.501 e. The number of hydrogen-bond donors (Lipinski definition) is 2. The third kappa shape index (κ3) is 9.41. The van der Waals surface area contributed by atoms with Gasteiger partial charge in [0.2, 0.25) is 17.7 Å². The van der Waals surface area contributed by atoms with Crippen molar-refractivity contribution in [2.24, 2.45) is 13.0 Å². The molecular formula is C44H49ClF4N6O5. The number of aryl methyl sites for hydroxylation is 1. The molecule has 60 heavy (non-hydrogen) atoms. The first kappa shape index (κ1) is 43.0. The second-order valence-corrected chi connectivity index (χ2v) is 16.5. The van der Waals surface area contributed by atoms with E-state index in [1.165, 1.54) is 34.9 Å². The third-order valence-corrected chi connectivity index (χ3v) is 12.6. The molecule has 3 aromatic rings. The van der Waals surface area contributed by atoms with Gasteiger partial charge >= 0.3 is 6.18 Å². The van der Waals surface area contributed by atoms with Gasteiger partial charge in [0.15, 0.2) is 0 Å². The normalized spacial score (nSPS) is 21.2. The van der Waals surface area contributed by atoms with E-state index in [1.54, 1.807) is 25.3 Å². The zero-order valence-electron chi connectivity index (χ0n) is 33.8. The highest BCUT2D eigenvalue weighted by atomic mass is 35.5.